The normalized spacial score (nSPS) is 21.2. The van der Waals surface area contributed by atoms with Crippen LogP contribution in [0, 0.1) is 5.82 Å². The Hall–Kier alpha value is -1.55. The average molecular weight is 321 g/mol. The van der Waals surface area contributed by atoms with Crippen molar-refractivity contribution in [3.05, 3.63) is 58.3 Å². The first kappa shape index (κ1) is 12.5. The van der Waals surface area contributed by atoms with E-state index in [0.29, 0.717) is 11.0 Å². The van der Waals surface area contributed by atoms with Gasteiger partial charge in [-0.3, -0.25) is 0 Å². The van der Waals surface area contributed by atoms with E-state index in [0.717, 1.165) is 11.4 Å². The summed E-state index contributed by atoms with van der Waals surface area (Å²) in [7, 11) is 0. The highest BCUT2D eigenvalue weighted by Gasteiger charge is 2.31. The van der Waals surface area contributed by atoms with Crippen LogP contribution in [-0.2, 0) is 5.54 Å². The van der Waals surface area contributed by atoms with Gasteiger partial charge >= 0.3 is 0 Å². The number of fused-ring (bicyclic) bond motifs is 1. The summed E-state index contributed by atoms with van der Waals surface area (Å²) >= 11 is 3.23. The molecule has 0 fully saturated rings. The average Bonchev–Trinajstić information content (AvgIpc) is 2.42. The minimum atomic E-state index is -0.253. The van der Waals surface area contributed by atoms with Crippen molar-refractivity contribution in [3.63, 3.8) is 0 Å². The second-order valence-corrected chi connectivity index (χ2v) is 5.84. The van der Waals surface area contributed by atoms with Crippen LogP contribution < -0.4 is 10.6 Å². The molecule has 0 amide bonds. The molecule has 0 radical (unpaired) electrons. The Kier molecular flexibility index (Phi) is 2.97. The highest BCUT2D eigenvalue weighted by molar-refractivity contribution is 9.10. The lowest BCUT2D eigenvalue weighted by Gasteiger charge is -2.38. The van der Waals surface area contributed by atoms with E-state index >= 15 is 0 Å². The molecule has 4 heteroatoms. The van der Waals surface area contributed by atoms with Gasteiger partial charge in [-0.05, 0) is 34.5 Å². The first-order valence-electron chi connectivity index (χ1n) is 6.15. The van der Waals surface area contributed by atoms with Crippen LogP contribution in [0.3, 0.4) is 0 Å². The standard InChI is InChI=1S/C15H14BrFN2/c1-15(10-5-3-2-4-6-10)9-18-13-8-12(17)11(16)7-14(13)19-15/h2-8,18-19H,9H2,1H3. The summed E-state index contributed by atoms with van der Waals surface area (Å²) in [6.07, 6.45) is 0. The molecule has 0 saturated carbocycles. The van der Waals surface area contributed by atoms with Gasteiger partial charge in [-0.1, -0.05) is 30.3 Å². The zero-order chi connectivity index (χ0) is 13.5. The van der Waals surface area contributed by atoms with Crippen LogP contribution in [-0.4, -0.2) is 6.54 Å². The van der Waals surface area contributed by atoms with Crippen molar-refractivity contribution < 1.29 is 4.39 Å². The van der Waals surface area contributed by atoms with E-state index in [2.05, 4.69) is 45.6 Å². The number of rotatable bonds is 1. The van der Waals surface area contributed by atoms with Gasteiger partial charge in [-0.2, -0.15) is 0 Å². The summed E-state index contributed by atoms with van der Waals surface area (Å²) in [5, 5.41) is 6.79. The fourth-order valence-corrected chi connectivity index (χ4v) is 2.73. The third-order valence-electron chi connectivity index (χ3n) is 3.51. The van der Waals surface area contributed by atoms with Crippen LogP contribution in [0.2, 0.25) is 0 Å². The maximum atomic E-state index is 13.5. The molecular weight excluding hydrogens is 307 g/mol. The third kappa shape index (κ3) is 2.21. The van der Waals surface area contributed by atoms with Crippen molar-refractivity contribution in [1.82, 2.24) is 0 Å². The van der Waals surface area contributed by atoms with Crippen molar-refractivity contribution in [3.8, 4) is 0 Å². The number of hydrogen-bond donors (Lipinski definition) is 2. The summed E-state index contributed by atoms with van der Waals surface area (Å²) in [4.78, 5) is 0. The lowest BCUT2D eigenvalue weighted by atomic mass is 9.89. The molecule has 1 aliphatic heterocycles. The number of anilines is 2. The predicted octanol–water partition coefficient (Wildman–Crippen LogP) is 4.34. The molecule has 19 heavy (non-hydrogen) atoms. The Morgan fingerprint density at radius 2 is 1.89 bits per heavy atom. The molecule has 0 bridgehead atoms. The second kappa shape index (κ2) is 4.53. The lowest BCUT2D eigenvalue weighted by Crippen LogP contribution is -2.42. The van der Waals surface area contributed by atoms with Crippen molar-refractivity contribution in [1.29, 1.82) is 0 Å². The maximum Gasteiger partial charge on any atom is 0.139 e. The molecule has 1 aliphatic rings. The Bertz CT molecular complexity index is 615. The summed E-state index contributed by atoms with van der Waals surface area (Å²) in [6, 6.07) is 13.5. The largest absolute Gasteiger partial charge is 0.381 e. The molecule has 2 nitrogen and oxygen atoms in total. The van der Waals surface area contributed by atoms with Crippen LogP contribution in [0.15, 0.2) is 46.9 Å². The Labute approximate surface area is 120 Å². The molecular formula is C15H14BrFN2. The third-order valence-corrected chi connectivity index (χ3v) is 4.12. The minimum absolute atomic E-state index is 0.203. The van der Waals surface area contributed by atoms with E-state index in [4.69, 9.17) is 0 Å². The van der Waals surface area contributed by atoms with Gasteiger partial charge in [0.25, 0.3) is 0 Å². The predicted molar refractivity (Wildman–Crippen MR) is 80.0 cm³/mol. The molecule has 0 spiro atoms. The summed E-state index contributed by atoms with van der Waals surface area (Å²) < 4.78 is 14.0. The SMILES string of the molecule is CC1(c2ccccc2)CNc2cc(F)c(Br)cc2N1. The number of nitrogens with one attached hydrogen (secondary N) is 2. The first-order chi connectivity index (χ1) is 9.08. The molecule has 98 valence electrons. The fourth-order valence-electron chi connectivity index (χ4n) is 2.39. The topological polar surface area (TPSA) is 24.1 Å². The van der Waals surface area contributed by atoms with Gasteiger partial charge in [0, 0.05) is 12.6 Å². The van der Waals surface area contributed by atoms with Crippen molar-refractivity contribution >= 4 is 27.3 Å². The van der Waals surface area contributed by atoms with Crippen LogP contribution >= 0.6 is 15.9 Å². The zero-order valence-corrected chi connectivity index (χ0v) is 12.1. The molecule has 0 aliphatic carbocycles. The maximum absolute atomic E-state index is 13.5. The van der Waals surface area contributed by atoms with Gasteiger partial charge in [0.15, 0.2) is 0 Å². The van der Waals surface area contributed by atoms with Gasteiger partial charge in [-0.25, -0.2) is 4.39 Å². The Morgan fingerprint density at radius 1 is 1.16 bits per heavy atom. The van der Waals surface area contributed by atoms with Crippen LogP contribution in [0.4, 0.5) is 15.8 Å². The summed E-state index contributed by atoms with van der Waals surface area (Å²) in [5.41, 5.74) is 2.71. The number of halogens is 2. The molecule has 1 atom stereocenters. The molecule has 3 rings (SSSR count). The molecule has 1 heterocycles. The second-order valence-electron chi connectivity index (χ2n) is 4.99. The number of benzene rings is 2. The quantitative estimate of drug-likeness (QED) is 0.816. The van der Waals surface area contributed by atoms with Crippen molar-refractivity contribution in [2.75, 3.05) is 17.2 Å². The van der Waals surface area contributed by atoms with Crippen molar-refractivity contribution in [2.45, 2.75) is 12.5 Å². The molecule has 1 unspecified atom stereocenters. The Morgan fingerprint density at radius 3 is 2.63 bits per heavy atom. The van der Waals surface area contributed by atoms with Gasteiger partial charge in [0.2, 0.25) is 0 Å². The lowest BCUT2D eigenvalue weighted by molar-refractivity contribution is 0.562. The molecule has 2 aromatic carbocycles. The van der Waals surface area contributed by atoms with E-state index in [9.17, 15) is 4.39 Å². The van der Waals surface area contributed by atoms with Crippen molar-refractivity contribution in [2.24, 2.45) is 0 Å². The van der Waals surface area contributed by atoms with Crippen LogP contribution in [0.25, 0.3) is 0 Å². The van der Waals surface area contributed by atoms with E-state index in [1.165, 1.54) is 11.6 Å². The highest BCUT2D eigenvalue weighted by Crippen LogP contribution is 2.37. The molecule has 0 saturated heterocycles. The van der Waals surface area contributed by atoms with Gasteiger partial charge in [0.05, 0.1) is 21.4 Å². The fraction of sp³-hybridized carbons (Fsp3) is 0.200. The molecule has 0 aromatic heterocycles. The zero-order valence-electron chi connectivity index (χ0n) is 10.5. The van der Waals surface area contributed by atoms with E-state index in [1.54, 1.807) is 6.07 Å². The summed E-state index contributed by atoms with van der Waals surface area (Å²) in [5.74, 6) is -0.253. The molecule has 2 N–H and O–H groups in total. The highest BCUT2D eigenvalue weighted by atomic mass is 79.9. The monoisotopic (exact) mass is 320 g/mol. The van der Waals surface area contributed by atoms with Gasteiger partial charge in [-0.15, -0.1) is 0 Å². The number of hydrogen-bond acceptors (Lipinski definition) is 2. The summed E-state index contributed by atoms with van der Waals surface area (Å²) in [6.45, 7) is 2.85. The molecule has 2 aromatic rings. The van der Waals surface area contributed by atoms with E-state index < -0.39 is 0 Å². The van der Waals surface area contributed by atoms with E-state index in [1.807, 2.05) is 18.2 Å². The first-order valence-corrected chi connectivity index (χ1v) is 6.94. The van der Waals surface area contributed by atoms with Crippen LogP contribution in [0.1, 0.15) is 12.5 Å². The van der Waals surface area contributed by atoms with Gasteiger partial charge in [0.1, 0.15) is 5.82 Å². The van der Waals surface area contributed by atoms with Gasteiger partial charge < -0.3 is 10.6 Å². The minimum Gasteiger partial charge on any atom is -0.381 e. The Balaban J connectivity index is 2.00. The van der Waals surface area contributed by atoms with Crippen LogP contribution in [0.5, 0.6) is 0 Å². The van der Waals surface area contributed by atoms with E-state index in [-0.39, 0.29) is 11.4 Å². The smallest absolute Gasteiger partial charge is 0.139 e.